The Balaban J connectivity index is 1.97. The molecular formula is C10H18N2O2. The van der Waals surface area contributed by atoms with Crippen molar-refractivity contribution in [1.82, 2.24) is 4.90 Å². The lowest BCUT2D eigenvalue weighted by Gasteiger charge is -2.40. The summed E-state index contributed by atoms with van der Waals surface area (Å²) < 4.78 is 5.38. The highest BCUT2D eigenvalue weighted by atomic mass is 16.5. The van der Waals surface area contributed by atoms with E-state index < -0.39 is 0 Å². The van der Waals surface area contributed by atoms with Crippen LogP contribution in [0.3, 0.4) is 0 Å². The van der Waals surface area contributed by atoms with Crippen LogP contribution in [0, 0.1) is 11.8 Å². The number of fused-ring (bicyclic) bond motifs is 2. The van der Waals surface area contributed by atoms with Gasteiger partial charge in [-0.2, -0.15) is 0 Å². The first-order chi connectivity index (χ1) is 6.66. The molecule has 0 aromatic carbocycles. The van der Waals surface area contributed by atoms with Crippen LogP contribution in [0.15, 0.2) is 0 Å². The second kappa shape index (κ2) is 3.96. The van der Waals surface area contributed by atoms with E-state index >= 15 is 0 Å². The molecule has 3 unspecified atom stereocenters. The predicted molar refractivity (Wildman–Crippen MR) is 52.9 cm³/mol. The third-order valence-corrected chi connectivity index (χ3v) is 2.95. The molecule has 2 aliphatic rings. The lowest BCUT2D eigenvalue weighted by atomic mass is 9.86. The summed E-state index contributed by atoms with van der Waals surface area (Å²) in [6, 6.07) is 0.185. The third kappa shape index (κ3) is 1.97. The summed E-state index contributed by atoms with van der Waals surface area (Å²) in [6.07, 6.45) is 0. The first-order valence-electron chi connectivity index (χ1n) is 5.26. The molecule has 0 aromatic heterocycles. The summed E-state index contributed by atoms with van der Waals surface area (Å²) in [6.45, 7) is 5.76. The normalized spacial score (nSPS) is 35.7. The van der Waals surface area contributed by atoms with Crippen molar-refractivity contribution in [3.8, 4) is 0 Å². The van der Waals surface area contributed by atoms with Crippen LogP contribution in [0.5, 0.6) is 0 Å². The number of ketones is 1. The monoisotopic (exact) mass is 198 g/mol. The van der Waals surface area contributed by atoms with Gasteiger partial charge in [0, 0.05) is 25.7 Å². The Morgan fingerprint density at radius 2 is 2.07 bits per heavy atom. The summed E-state index contributed by atoms with van der Waals surface area (Å²) in [7, 11) is 0. The molecule has 2 bridgehead atoms. The molecule has 4 nitrogen and oxygen atoms in total. The maximum absolute atomic E-state index is 11.7. The van der Waals surface area contributed by atoms with Crippen molar-refractivity contribution in [3.63, 3.8) is 0 Å². The zero-order valence-electron chi connectivity index (χ0n) is 8.61. The van der Waals surface area contributed by atoms with Crippen LogP contribution in [0.25, 0.3) is 0 Å². The minimum Gasteiger partial charge on any atom is -0.380 e. The molecule has 4 heteroatoms. The molecule has 3 atom stereocenters. The Bertz CT molecular complexity index is 214. The van der Waals surface area contributed by atoms with Gasteiger partial charge in [0.2, 0.25) is 0 Å². The number of Topliss-reactive ketones (excluding diaryl/α,β-unsaturated/α-hetero) is 1. The van der Waals surface area contributed by atoms with Crippen LogP contribution in [0.2, 0.25) is 0 Å². The van der Waals surface area contributed by atoms with E-state index in [4.69, 9.17) is 10.5 Å². The zero-order chi connectivity index (χ0) is 10.1. The Morgan fingerprint density at radius 3 is 2.57 bits per heavy atom. The van der Waals surface area contributed by atoms with Gasteiger partial charge < -0.3 is 15.4 Å². The van der Waals surface area contributed by atoms with Crippen LogP contribution in [-0.4, -0.2) is 49.6 Å². The number of piperidine rings is 1. The van der Waals surface area contributed by atoms with Crippen molar-refractivity contribution in [2.45, 2.75) is 13.0 Å². The van der Waals surface area contributed by atoms with Crippen LogP contribution in [0.1, 0.15) is 6.92 Å². The molecule has 0 radical (unpaired) electrons. The van der Waals surface area contributed by atoms with E-state index in [0.717, 1.165) is 19.6 Å². The van der Waals surface area contributed by atoms with Gasteiger partial charge >= 0.3 is 0 Å². The van der Waals surface area contributed by atoms with Crippen LogP contribution < -0.4 is 5.73 Å². The fourth-order valence-corrected chi connectivity index (χ4v) is 2.39. The number of hydrogen-bond acceptors (Lipinski definition) is 4. The quantitative estimate of drug-likeness (QED) is 0.649. The highest BCUT2D eigenvalue weighted by molar-refractivity contribution is 5.85. The van der Waals surface area contributed by atoms with Gasteiger partial charge in [0.15, 0.2) is 0 Å². The zero-order valence-corrected chi connectivity index (χ0v) is 8.61. The number of ether oxygens (including phenoxy) is 1. The number of nitrogens with zero attached hydrogens (tertiary/aromatic N) is 1. The molecule has 2 saturated heterocycles. The van der Waals surface area contributed by atoms with Gasteiger partial charge in [-0.1, -0.05) is 0 Å². The molecular weight excluding hydrogens is 180 g/mol. The molecule has 2 heterocycles. The van der Waals surface area contributed by atoms with E-state index in [1.54, 1.807) is 0 Å². The smallest absolute Gasteiger partial charge is 0.146 e. The van der Waals surface area contributed by atoms with Gasteiger partial charge in [0.1, 0.15) is 5.78 Å². The Kier molecular flexibility index (Phi) is 2.85. The van der Waals surface area contributed by atoms with E-state index in [-0.39, 0.29) is 17.9 Å². The molecule has 2 aliphatic heterocycles. The van der Waals surface area contributed by atoms with Crippen molar-refractivity contribution >= 4 is 5.78 Å². The Labute approximate surface area is 84.4 Å². The number of likely N-dealkylation sites (tertiary alicyclic amines) is 1. The number of nitrogens with two attached hydrogens (primary N) is 1. The van der Waals surface area contributed by atoms with E-state index in [2.05, 4.69) is 4.90 Å². The maximum atomic E-state index is 11.7. The van der Waals surface area contributed by atoms with Crippen LogP contribution >= 0.6 is 0 Å². The number of carbonyl (C=O) groups excluding carboxylic acids is 1. The van der Waals surface area contributed by atoms with Gasteiger partial charge in [-0.05, 0) is 6.92 Å². The Morgan fingerprint density at radius 1 is 1.50 bits per heavy atom. The van der Waals surface area contributed by atoms with Crippen molar-refractivity contribution in [1.29, 1.82) is 0 Å². The van der Waals surface area contributed by atoms with E-state index in [9.17, 15) is 4.79 Å². The molecule has 0 aromatic rings. The summed E-state index contributed by atoms with van der Waals surface area (Å²) in [5, 5.41) is 0. The van der Waals surface area contributed by atoms with E-state index in [1.165, 1.54) is 0 Å². The van der Waals surface area contributed by atoms with E-state index in [0.29, 0.717) is 19.0 Å². The number of carbonyl (C=O) groups is 1. The minimum atomic E-state index is 0.0984. The minimum absolute atomic E-state index is 0.0984. The fourth-order valence-electron chi connectivity index (χ4n) is 2.39. The molecule has 2 N–H and O–H groups in total. The first kappa shape index (κ1) is 10.1. The molecule has 0 spiro atoms. The average molecular weight is 198 g/mol. The summed E-state index contributed by atoms with van der Waals surface area (Å²) >= 11 is 0. The highest BCUT2D eigenvalue weighted by Gasteiger charge is 2.38. The van der Waals surface area contributed by atoms with Gasteiger partial charge in [0.05, 0.1) is 25.0 Å². The van der Waals surface area contributed by atoms with Gasteiger partial charge in [-0.15, -0.1) is 0 Å². The fraction of sp³-hybridized carbons (Fsp3) is 0.900. The highest BCUT2D eigenvalue weighted by Crippen LogP contribution is 2.23. The van der Waals surface area contributed by atoms with E-state index in [1.807, 2.05) is 6.92 Å². The second-order valence-electron chi connectivity index (χ2n) is 4.53. The third-order valence-electron chi connectivity index (χ3n) is 2.95. The molecule has 0 amide bonds. The van der Waals surface area contributed by atoms with Crippen molar-refractivity contribution in [2.75, 3.05) is 32.8 Å². The number of rotatable bonds is 2. The average Bonchev–Trinajstić information content (AvgIpc) is 2.05. The maximum Gasteiger partial charge on any atom is 0.146 e. The van der Waals surface area contributed by atoms with Gasteiger partial charge in [-0.25, -0.2) is 0 Å². The predicted octanol–water partition coefficient (Wildman–Crippen LogP) is -0.519. The Hall–Kier alpha value is -0.450. The summed E-state index contributed by atoms with van der Waals surface area (Å²) in [5.41, 5.74) is 5.75. The van der Waals surface area contributed by atoms with Crippen molar-refractivity contribution < 1.29 is 9.53 Å². The molecule has 2 rings (SSSR count). The summed E-state index contributed by atoms with van der Waals surface area (Å²) in [5.74, 6) is 0.597. The topological polar surface area (TPSA) is 55.6 Å². The van der Waals surface area contributed by atoms with Crippen LogP contribution in [0.4, 0.5) is 0 Å². The lowest BCUT2D eigenvalue weighted by Crippen LogP contribution is -2.54. The SMILES string of the molecule is CC(N)CN1CC2COCC(C1)C2=O. The van der Waals surface area contributed by atoms with Crippen molar-refractivity contribution in [3.05, 3.63) is 0 Å². The van der Waals surface area contributed by atoms with Gasteiger partial charge in [-0.3, -0.25) is 4.79 Å². The lowest BCUT2D eigenvalue weighted by molar-refractivity contribution is -0.144. The standard InChI is InChI=1S/C10H18N2O2/c1-7(11)2-12-3-8-5-14-6-9(4-12)10(8)13/h7-9H,2-6,11H2,1H3. The first-order valence-corrected chi connectivity index (χ1v) is 5.26. The van der Waals surface area contributed by atoms with Crippen LogP contribution in [-0.2, 0) is 9.53 Å². The molecule has 2 fully saturated rings. The van der Waals surface area contributed by atoms with Gasteiger partial charge in [0.25, 0.3) is 0 Å². The second-order valence-corrected chi connectivity index (χ2v) is 4.53. The molecule has 0 saturated carbocycles. The van der Waals surface area contributed by atoms with Crippen molar-refractivity contribution in [2.24, 2.45) is 17.6 Å². The molecule has 0 aliphatic carbocycles. The number of hydrogen-bond donors (Lipinski definition) is 1. The molecule has 80 valence electrons. The molecule has 14 heavy (non-hydrogen) atoms. The summed E-state index contributed by atoms with van der Waals surface area (Å²) in [4.78, 5) is 14.0. The largest absolute Gasteiger partial charge is 0.380 e.